The zero-order valence-electron chi connectivity index (χ0n) is 11.5. The van der Waals surface area contributed by atoms with E-state index in [0.717, 1.165) is 25.2 Å². The second-order valence-corrected chi connectivity index (χ2v) is 5.72. The highest BCUT2D eigenvalue weighted by molar-refractivity contribution is 6.31. The van der Waals surface area contributed by atoms with Crippen molar-refractivity contribution in [2.24, 2.45) is 5.73 Å². The van der Waals surface area contributed by atoms with E-state index in [0.29, 0.717) is 10.6 Å². The number of piperidine rings is 1. The number of carbonyl (C=O) groups is 1. The number of hydrogen-bond donors (Lipinski definition) is 2. The van der Waals surface area contributed by atoms with Gasteiger partial charge in [-0.15, -0.1) is 0 Å². The SMILES string of the molecule is NCC(C(=O)O)c1ccc(CN2CCCCC2)c(Cl)c1. The summed E-state index contributed by atoms with van der Waals surface area (Å²) in [7, 11) is 0. The van der Waals surface area contributed by atoms with E-state index >= 15 is 0 Å². The first-order valence-electron chi connectivity index (χ1n) is 7.05. The van der Waals surface area contributed by atoms with Gasteiger partial charge in [0.25, 0.3) is 0 Å². The van der Waals surface area contributed by atoms with Crippen molar-refractivity contribution in [2.75, 3.05) is 19.6 Å². The van der Waals surface area contributed by atoms with Gasteiger partial charge in [0, 0.05) is 18.1 Å². The minimum atomic E-state index is -0.910. The highest BCUT2D eigenvalue weighted by atomic mass is 35.5. The average molecular weight is 297 g/mol. The Morgan fingerprint density at radius 3 is 2.60 bits per heavy atom. The third kappa shape index (κ3) is 3.72. The molecular formula is C15H21ClN2O2. The van der Waals surface area contributed by atoms with Crippen molar-refractivity contribution in [1.82, 2.24) is 4.90 Å². The van der Waals surface area contributed by atoms with Crippen LogP contribution in [0.1, 0.15) is 36.3 Å². The van der Waals surface area contributed by atoms with Crippen LogP contribution >= 0.6 is 11.6 Å². The van der Waals surface area contributed by atoms with E-state index in [1.807, 2.05) is 12.1 Å². The molecule has 3 N–H and O–H groups in total. The van der Waals surface area contributed by atoms with E-state index in [9.17, 15) is 4.79 Å². The van der Waals surface area contributed by atoms with Gasteiger partial charge in [0.05, 0.1) is 5.92 Å². The van der Waals surface area contributed by atoms with Crippen LogP contribution in [0.25, 0.3) is 0 Å². The van der Waals surface area contributed by atoms with Crippen LogP contribution in [0.3, 0.4) is 0 Å². The van der Waals surface area contributed by atoms with Crippen molar-refractivity contribution < 1.29 is 9.90 Å². The molecule has 1 saturated heterocycles. The standard InChI is InChI=1S/C15H21ClN2O2/c16-14-8-11(13(9-17)15(19)20)4-5-12(14)10-18-6-2-1-3-7-18/h4-5,8,13H,1-3,6-7,9-10,17H2,(H,19,20). The normalized spacial score (nSPS) is 17.9. The van der Waals surface area contributed by atoms with Crippen molar-refractivity contribution in [1.29, 1.82) is 0 Å². The van der Waals surface area contributed by atoms with E-state index in [1.54, 1.807) is 6.07 Å². The smallest absolute Gasteiger partial charge is 0.312 e. The van der Waals surface area contributed by atoms with Crippen molar-refractivity contribution in [3.63, 3.8) is 0 Å². The van der Waals surface area contributed by atoms with Gasteiger partial charge in [0.1, 0.15) is 0 Å². The van der Waals surface area contributed by atoms with Crippen LogP contribution in [0.5, 0.6) is 0 Å². The van der Waals surface area contributed by atoms with Gasteiger partial charge in [-0.05, 0) is 43.1 Å². The Balaban J connectivity index is 2.10. The highest BCUT2D eigenvalue weighted by Crippen LogP contribution is 2.25. The molecule has 1 fully saturated rings. The van der Waals surface area contributed by atoms with Crippen LogP contribution in [-0.4, -0.2) is 35.6 Å². The van der Waals surface area contributed by atoms with Gasteiger partial charge in [0.15, 0.2) is 0 Å². The van der Waals surface area contributed by atoms with Crippen molar-refractivity contribution >= 4 is 17.6 Å². The van der Waals surface area contributed by atoms with E-state index in [4.69, 9.17) is 22.4 Å². The number of rotatable bonds is 5. The van der Waals surface area contributed by atoms with Crippen LogP contribution in [0.2, 0.25) is 5.02 Å². The molecule has 0 amide bonds. The summed E-state index contributed by atoms with van der Waals surface area (Å²) in [4.78, 5) is 13.5. The summed E-state index contributed by atoms with van der Waals surface area (Å²) in [5, 5.41) is 9.75. The maximum absolute atomic E-state index is 11.1. The molecule has 4 nitrogen and oxygen atoms in total. The first kappa shape index (κ1) is 15.3. The zero-order valence-corrected chi connectivity index (χ0v) is 12.3. The lowest BCUT2D eigenvalue weighted by Crippen LogP contribution is -2.29. The second kappa shape index (κ2) is 7.07. The second-order valence-electron chi connectivity index (χ2n) is 5.31. The van der Waals surface area contributed by atoms with E-state index in [1.165, 1.54) is 19.3 Å². The van der Waals surface area contributed by atoms with Gasteiger partial charge in [-0.1, -0.05) is 30.2 Å². The van der Waals surface area contributed by atoms with Gasteiger partial charge in [-0.25, -0.2) is 0 Å². The number of carboxylic acids is 1. The Morgan fingerprint density at radius 1 is 1.35 bits per heavy atom. The maximum atomic E-state index is 11.1. The van der Waals surface area contributed by atoms with Crippen LogP contribution in [0.4, 0.5) is 0 Å². The summed E-state index contributed by atoms with van der Waals surface area (Å²) < 4.78 is 0. The summed E-state index contributed by atoms with van der Waals surface area (Å²) in [6.45, 7) is 3.13. The number of carboxylic acid groups (broad SMARTS) is 1. The molecule has 0 saturated carbocycles. The highest BCUT2D eigenvalue weighted by Gasteiger charge is 2.19. The Labute approximate surface area is 124 Å². The number of nitrogens with two attached hydrogens (primary N) is 1. The molecule has 2 rings (SSSR count). The molecule has 110 valence electrons. The molecular weight excluding hydrogens is 276 g/mol. The molecule has 1 aliphatic rings. The lowest BCUT2D eigenvalue weighted by atomic mass is 9.98. The summed E-state index contributed by atoms with van der Waals surface area (Å²) in [6.07, 6.45) is 3.79. The fourth-order valence-corrected chi connectivity index (χ4v) is 2.90. The van der Waals surface area contributed by atoms with E-state index < -0.39 is 11.9 Å². The topological polar surface area (TPSA) is 66.6 Å². The lowest BCUT2D eigenvalue weighted by Gasteiger charge is -2.27. The molecule has 0 bridgehead atoms. The molecule has 1 aromatic carbocycles. The molecule has 5 heteroatoms. The third-order valence-electron chi connectivity index (χ3n) is 3.86. The number of hydrogen-bond acceptors (Lipinski definition) is 3. The van der Waals surface area contributed by atoms with Crippen LogP contribution in [0, 0.1) is 0 Å². The van der Waals surface area contributed by atoms with Crippen LogP contribution in [0.15, 0.2) is 18.2 Å². The van der Waals surface area contributed by atoms with Gasteiger partial charge < -0.3 is 10.8 Å². The van der Waals surface area contributed by atoms with E-state index in [2.05, 4.69) is 4.90 Å². The maximum Gasteiger partial charge on any atom is 0.312 e. The number of likely N-dealkylation sites (tertiary alicyclic amines) is 1. The predicted molar refractivity (Wildman–Crippen MR) is 80.0 cm³/mol. The predicted octanol–water partition coefficient (Wildman–Crippen LogP) is 2.45. The Hall–Kier alpha value is -1.10. The fraction of sp³-hybridized carbons (Fsp3) is 0.533. The number of nitrogens with zero attached hydrogens (tertiary/aromatic N) is 1. The average Bonchev–Trinajstić information content (AvgIpc) is 2.43. The molecule has 1 unspecified atom stereocenters. The molecule has 1 aromatic rings. The van der Waals surface area contributed by atoms with Gasteiger partial charge >= 0.3 is 5.97 Å². The largest absolute Gasteiger partial charge is 0.481 e. The lowest BCUT2D eigenvalue weighted by molar-refractivity contribution is -0.138. The van der Waals surface area contributed by atoms with Crippen molar-refractivity contribution in [3.8, 4) is 0 Å². The number of aliphatic carboxylic acids is 1. The summed E-state index contributed by atoms with van der Waals surface area (Å²) in [6, 6.07) is 5.50. The third-order valence-corrected chi connectivity index (χ3v) is 4.21. The molecule has 1 aliphatic heterocycles. The monoisotopic (exact) mass is 296 g/mol. The van der Waals surface area contributed by atoms with Crippen LogP contribution < -0.4 is 5.73 Å². The van der Waals surface area contributed by atoms with E-state index in [-0.39, 0.29) is 6.54 Å². The summed E-state index contributed by atoms with van der Waals surface area (Å²) in [5.41, 5.74) is 7.24. The zero-order chi connectivity index (χ0) is 14.5. The first-order valence-corrected chi connectivity index (χ1v) is 7.43. The fourth-order valence-electron chi connectivity index (χ4n) is 2.65. The van der Waals surface area contributed by atoms with Crippen molar-refractivity contribution in [2.45, 2.75) is 31.7 Å². The molecule has 1 heterocycles. The van der Waals surface area contributed by atoms with Gasteiger partial charge in [-0.2, -0.15) is 0 Å². The van der Waals surface area contributed by atoms with Crippen molar-refractivity contribution in [3.05, 3.63) is 34.3 Å². The summed E-state index contributed by atoms with van der Waals surface area (Å²) in [5.74, 6) is -1.59. The number of benzene rings is 1. The molecule has 1 atom stereocenters. The van der Waals surface area contributed by atoms with Gasteiger partial charge in [0.2, 0.25) is 0 Å². The van der Waals surface area contributed by atoms with Gasteiger partial charge in [-0.3, -0.25) is 9.69 Å². The molecule has 0 radical (unpaired) electrons. The Morgan fingerprint density at radius 2 is 2.05 bits per heavy atom. The minimum absolute atomic E-state index is 0.0805. The quantitative estimate of drug-likeness (QED) is 0.876. The Bertz CT molecular complexity index is 473. The number of halogens is 1. The van der Waals surface area contributed by atoms with Crippen LogP contribution in [-0.2, 0) is 11.3 Å². The molecule has 20 heavy (non-hydrogen) atoms. The molecule has 0 aromatic heterocycles. The minimum Gasteiger partial charge on any atom is -0.481 e. The Kier molecular flexibility index (Phi) is 5.40. The molecule has 0 spiro atoms. The molecule has 0 aliphatic carbocycles. The summed E-state index contributed by atoms with van der Waals surface area (Å²) >= 11 is 6.29. The first-order chi connectivity index (χ1) is 9.61.